The van der Waals surface area contributed by atoms with Gasteiger partial charge in [-0.2, -0.15) is 0 Å². The van der Waals surface area contributed by atoms with Gasteiger partial charge < -0.3 is 4.42 Å². The van der Waals surface area contributed by atoms with Gasteiger partial charge in [-0.25, -0.2) is 0 Å². The van der Waals surface area contributed by atoms with Gasteiger partial charge in [0.25, 0.3) is 0 Å². The first-order valence-electron chi connectivity index (χ1n) is 3.11. The Morgan fingerprint density at radius 2 is 2.50 bits per heavy atom. The Bertz CT molecular complexity index is 225. The lowest BCUT2D eigenvalue weighted by Gasteiger charge is -1.85. The highest BCUT2D eigenvalue weighted by Gasteiger charge is 1.93. The van der Waals surface area contributed by atoms with E-state index in [2.05, 4.69) is 0 Å². The Labute approximate surface area is 65.3 Å². The molecule has 0 aromatic carbocycles. The normalized spacial score (nSPS) is 11.0. The van der Waals surface area contributed by atoms with Crippen molar-refractivity contribution in [3.05, 3.63) is 29.7 Å². The van der Waals surface area contributed by atoms with Crippen LogP contribution in [0.3, 0.4) is 0 Å². The van der Waals surface area contributed by atoms with Crippen molar-refractivity contribution in [1.82, 2.24) is 0 Å². The third kappa shape index (κ3) is 1.64. The highest BCUT2D eigenvalue weighted by atomic mass is 35.5. The van der Waals surface area contributed by atoms with E-state index in [9.17, 15) is 0 Å². The van der Waals surface area contributed by atoms with E-state index in [-0.39, 0.29) is 0 Å². The van der Waals surface area contributed by atoms with Crippen molar-refractivity contribution >= 4 is 17.7 Å². The molecular weight excluding hydrogens is 148 g/mol. The first-order valence-corrected chi connectivity index (χ1v) is 3.64. The van der Waals surface area contributed by atoms with Crippen molar-refractivity contribution in [2.75, 3.05) is 5.88 Å². The monoisotopic (exact) mass is 156 g/mol. The standard InChI is InChI=1S/C8H9ClO/c1-7-4-6-10-8(7)3-2-5-9/h2-4,6H,5H2,1H3/b3-2+. The molecule has 0 saturated heterocycles. The SMILES string of the molecule is Cc1ccoc1/C=C/CCl. The third-order valence-corrected chi connectivity index (χ3v) is 1.44. The maximum absolute atomic E-state index is 5.44. The number of aryl methyl sites for hydroxylation is 1. The molecule has 0 radical (unpaired) electrons. The van der Waals surface area contributed by atoms with Crippen molar-refractivity contribution in [3.63, 3.8) is 0 Å². The van der Waals surface area contributed by atoms with Crippen LogP contribution >= 0.6 is 11.6 Å². The molecule has 1 heterocycles. The van der Waals surface area contributed by atoms with Gasteiger partial charge in [-0.3, -0.25) is 0 Å². The minimum atomic E-state index is 0.528. The van der Waals surface area contributed by atoms with Crippen LogP contribution in [0.25, 0.3) is 6.08 Å². The number of alkyl halides is 1. The van der Waals surface area contributed by atoms with Crippen LogP contribution in [0.5, 0.6) is 0 Å². The second kappa shape index (κ2) is 3.47. The van der Waals surface area contributed by atoms with Crippen molar-refractivity contribution < 1.29 is 4.42 Å². The molecule has 0 fully saturated rings. The molecule has 10 heavy (non-hydrogen) atoms. The molecule has 54 valence electrons. The average Bonchev–Trinajstić information content (AvgIpc) is 2.31. The van der Waals surface area contributed by atoms with Gasteiger partial charge in [0.05, 0.1) is 6.26 Å². The van der Waals surface area contributed by atoms with E-state index in [0.717, 1.165) is 11.3 Å². The van der Waals surface area contributed by atoms with Crippen LogP contribution in [0.15, 0.2) is 22.8 Å². The molecule has 0 bridgehead atoms. The number of hydrogen-bond acceptors (Lipinski definition) is 1. The van der Waals surface area contributed by atoms with E-state index in [1.807, 2.05) is 25.1 Å². The molecule has 0 atom stereocenters. The van der Waals surface area contributed by atoms with Gasteiger partial charge in [0.2, 0.25) is 0 Å². The molecule has 0 aliphatic heterocycles. The summed E-state index contributed by atoms with van der Waals surface area (Å²) in [6, 6.07) is 1.92. The van der Waals surface area contributed by atoms with Crippen LogP contribution < -0.4 is 0 Å². The topological polar surface area (TPSA) is 13.1 Å². The van der Waals surface area contributed by atoms with Crippen molar-refractivity contribution in [3.8, 4) is 0 Å². The number of allylic oxidation sites excluding steroid dienone is 1. The number of halogens is 1. The highest BCUT2D eigenvalue weighted by molar-refractivity contribution is 6.19. The Balaban J connectivity index is 2.74. The number of hydrogen-bond donors (Lipinski definition) is 0. The van der Waals surface area contributed by atoms with Gasteiger partial charge in [-0.1, -0.05) is 6.08 Å². The molecule has 1 aromatic heterocycles. The number of rotatable bonds is 2. The minimum absolute atomic E-state index is 0.528. The van der Waals surface area contributed by atoms with Crippen molar-refractivity contribution in [1.29, 1.82) is 0 Å². The fourth-order valence-electron chi connectivity index (χ4n) is 0.707. The lowest BCUT2D eigenvalue weighted by atomic mass is 10.3. The van der Waals surface area contributed by atoms with Gasteiger partial charge in [-0.05, 0) is 24.6 Å². The zero-order valence-corrected chi connectivity index (χ0v) is 6.56. The van der Waals surface area contributed by atoms with Crippen LogP contribution in [-0.2, 0) is 0 Å². The summed E-state index contributed by atoms with van der Waals surface area (Å²) < 4.78 is 5.12. The maximum atomic E-state index is 5.44. The van der Waals surface area contributed by atoms with E-state index in [0.29, 0.717) is 5.88 Å². The van der Waals surface area contributed by atoms with E-state index in [4.69, 9.17) is 16.0 Å². The van der Waals surface area contributed by atoms with Crippen molar-refractivity contribution in [2.24, 2.45) is 0 Å². The Kier molecular flexibility index (Phi) is 2.57. The molecule has 0 aliphatic carbocycles. The van der Waals surface area contributed by atoms with E-state index >= 15 is 0 Å². The van der Waals surface area contributed by atoms with Crippen LogP contribution in [0.1, 0.15) is 11.3 Å². The highest BCUT2D eigenvalue weighted by Crippen LogP contribution is 2.10. The zero-order valence-electron chi connectivity index (χ0n) is 5.80. The molecule has 0 amide bonds. The molecule has 0 saturated carbocycles. The van der Waals surface area contributed by atoms with E-state index in [1.165, 1.54) is 0 Å². The molecule has 0 N–H and O–H groups in total. The van der Waals surface area contributed by atoms with Gasteiger partial charge in [0.1, 0.15) is 5.76 Å². The summed E-state index contributed by atoms with van der Waals surface area (Å²) in [6.45, 7) is 2.00. The number of furan rings is 1. The smallest absolute Gasteiger partial charge is 0.129 e. The summed E-state index contributed by atoms with van der Waals surface area (Å²) in [4.78, 5) is 0. The first-order chi connectivity index (χ1) is 4.84. The summed E-state index contributed by atoms with van der Waals surface area (Å²) in [6.07, 6.45) is 5.40. The molecular formula is C8H9ClO. The molecule has 1 aromatic rings. The lowest BCUT2D eigenvalue weighted by molar-refractivity contribution is 0.555. The minimum Gasteiger partial charge on any atom is -0.465 e. The summed E-state index contributed by atoms with van der Waals surface area (Å²) in [5.41, 5.74) is 1.14. The first kappa shape index (κ1) is 7.42. The van der Waals surface area contributed by atoms with Crippen LogP contribution in [0.4, 0.5) is 0 Å². The van der Waals surface area contributed by atoms with Crippen LogP contribution in [0, 0.1) is 6.92 Å². The fraction of sp³-hybridized carbons (Fsp3) is 0.250. The molecule has 1 nitrogen and oxygen atoms in total. The molecule has 2 heteroatoms. The van der Waals surface area contributed by atoms with Crippen molar-refractivity contribution in [2.45, 2.75) is 6.92 Å². The Morgan fingerprint density at radius 3 is 3.00 bits per heavy atom. The molecule has 0 aliphatic rings. The summed E-state index contributed by atoms with van der Waals surface area (Å²) in [5.74, 6) is 1.42. The van der Waals surface area contributed by atoms with Gasteiger partial charge in [0.15, 0.2) is 0 Å². The van der Waals surface area contributed by atoms with Crippen LogP contribution in [-0.4, -0.2) is 5.88 Å². The molecule has 0 spiro atoms. The summed E-state index contributed by atoms with van der Waals surface area (Å²) in [5, 5.41) is 0. The zero-order chi connectivity index (χ0) is 7.40. The van der Waals surface area contributed by atoms with E-state index < -0.39 is 0 Å². The van der Waals surface area contributed by atoms with Gasteiger partial charge in [0, 0.05) is 5.88 Å². The predicted molar refractivity (Wildman–Crippen MR) is 43.2 cm³/mol. The fourth-order valence-corrected chi connectivity index (χ4v) is 0.796. The molecule has 1 rings (SSSR count). The van der Waals surface area contributed by atoms with Gasteiger partial charge in [-0.15, -0.1) is 11.6 Å². The Hall–Kier alpha value is -0.690. The largest absolute Gasteiger partial charge is 0.465 e. The van der Waals surface area contributed by atoms with Gasteiger partial charge >= 0.3 is 0 Å². The second-order valence-corrected chi connectivity index (χ2v) is 2.33. The maximum Gasteiger partial charge on any atom is 0.129 e. The second-order valence-electron chi connectivity index (χ2n) is 2.02. The lowest BCUT2D eigenvalue weighted by Crippen LogP contribution is -1.69. The predicted octanol–water partition coefficient (Wildman–Crippen LogP) is 2.84. The summed E-state index contributed by atoms with van der Waals surface area (Å²) >= 11 is 5.44. The third-order valence-electron chi connectivity index (χ3n) is 1.26. The Morgan fingerprint density at radius 1 is 1.70 bits per heavy atom. The average molecular weight is 157 g/mol. The quantitative estimate of drug-likeness (QED) is 0.601. The van der Waals surface area contributed by atoms with Crippen LogP contribution in [0.2, 0.25) is 0 Å². The molecule has 0 unspecified atom stereocenters. The van der Waals surface area contributed by atoms with E-state index in [1.54, 1.807) is 6.26 Å². The summed E-state index contributed by atoms with van der Waals surface area (Å²) in [7, 11) is 0.